The van der Waals surface area contributed by atoms with E-state index < -0.39 is 0 Å². The Bertz CT molecular complexity index is 1830. The molecule has 4 aromatic carbocycles. The molecule has 6 rings (SSSR count). The Morgan fingerprint density at radius 2 is 1.17 bits per heavy atom. The second-order valence-electron chi connectivity index (χ2n) is 9.16. The molecule has 9 heteroatoms. The van der Waals surface area contributed by atoms with Crippen molar-refractivity contribution in [1.29, 1.82) is 5.41 Å². The summed E-state index contributed by atoms with van der Waals surface area (Å²) in [6.45, 7) is 5.25. The van der Waals surface area contributed by atoms with Crippen LogP contribution in [0.5, 0.6) is 0 Å². The van der Waals surface area contributed by atoms with Gasteiger partial charge in [-0.2, -0.15) is 10.2 Å². The molecule has 206 valence electrons. The predicted octanol–water partition coefficient (Wildman–Crippen LogP) is 6.51. The quantitative estimate of drug-likeness (QED) is 0.106. The number of nitrogens with one attached hydrogen (secondary N) is 3. The molecule has 0 aliphatic carbocycles. The summed E-state index contributed by atoms with van der Waals surface area (Å²) in [4.78, 5) is 13.6. The summed E-state index contributed by atoms with van der Waals surface area (Å²) < 4.78 is 0. The highest BCUT2D eigenvalue weighted by atomic mass is 15.2. The highest BCUT2D eigenvalue weighted by Gasteiger charge is 2.13. The number of nitrogens with two attached hydrogens (primary N) is 1. The Morgan fingerprint density at radius 1 is 0.690 bits per heavy atom. The van der Waals surface area contributed by atoms with Gasteiger partial charge in [0.25, 0.3) is 0 Å². The lowest BCUT2D eigenvalue weighted by atomic mass is 10.1. The third-order valence-electron chi connectivity index (χ3n) is 6.11. The Hall–Kier alpha value is -5.96. The number of hydrogen-bond acceptors (Lipinski definition) is 5. The van der Waals surface area contributed by atoms with E-state index in [1.165, 1.54) is 0 Å². The molecule has 42 heavy (non-hydrogen) atoms. The lowest BCUT2D eigenvalue weighted by molar-refractivity contribution is 1.10. The second kappa shape index (κ2) is 12.9. The van der Waals surface area contributed by atoms with E-state index in [1.807, 2.05) is 116 Å². The van der Waals surface area contributed by atoms with Crippen LogP contribution in [0.15, 0.2) is 127 Å². The summed E-state index contributed by atoms with van der Waals surface area (Å²) >= 11 is 0. The van der Waals surface area contributed by atoms with E-state index in [2.05, 4.69) is 37.0 Å². The third kappa shape index (κ3) is 6.43. The minimum Gasteiger partial charge on any atom is -0.383 e. The number of allylic oxidation sites excluding steroid dienone is 1. The summed E-state index contributed by atoms with van der Waals surface area (Å²) in [5.41, 5.74) is 11.1. The minimum atomic E-state index is 0.0983. The van der Waals surface area contributed by atoms with Gasteiger partial charge in [-0.25, -0.2) is 15.0 Å². The zero-order valence-electron chi connectivity index (χ0n) is 23.0. The summed E-state index contributed by atoms with van der Waals surface area (Å²) in [6, 6.07) is 34.4. The molecular formula is C33H29N9. The molecule has 2 heterocycles. The van der Waals surface area contributed by atoms with Gasteiger partial charge in [-0.05, 0) is 19.1 Å². The molecule has 0 aliphatic heterocycles. The molecule has 9 nitrogen and oxygen atoms in total. The summed E-state index contributed by atoms with van der Waals surface area (Å²) in [5, 5.41) is 23.1. The average Bonchev–Trinajstić information content (AvgIpc) is 3.74. The smallest absolute Gasteiger partial charge is 0.181 e. The third-order valence-corrected chi connectivity index (χ3v) is 6.11. The number of aromatic amines is 2. The van der Waals surface area contributed by atoms with Gasteiger partial charge >= 0.3 is 0 Å². The van der Waals surface area contributed by atoms with Gasteiger partial charge < -0.3 is 5.73 Å². The molecule has 0 spiro atoms. The van der Waals surface area contributed by atoms with E-state index in [0.717, 1.165) is 22.3 Å². The van der Waals surface area contributed by atoms with Crippen molar-refractivity contribution in [2.24, 2.45) is 10.7 Å². The first-order valence-corrected chi connectivity index (χ1v) is 13.2. The van der Waals surface area contributed by atoms with E-state index in [1.54, 1.807) is 6.08 Å². The Kier molecular flexibility index (Phi) is 8.50. The van der Waals surface area contributed by atoms with Gasteiger partial charge in [0, 0.05) is 33.4 Å². The van der Waals surface area contributed by atoms with Crippen molar-refractivity contribution in [1.82, 2.24) is 30.4 Å². The van der Waals surface area contributed by atoms with Crippen LogP contribution >= 0.6 is 0 Å². The number of aliphatic imine (C=N–C) groups is 1. The average molecular weight is 552 g/mol. The van der Waals surface area contributed by atoms with Crippen molar-refractivity contribution in [2.45, 2.75) is 6.92 Å². The molecule has 0 atom stereocenters. The van der Waals surface area contributed by atoms with Gasteiger partial charge in [0.2, 0.25) is 0 Å². The molecule has 0 amide bonds. The van der Waals surface area contributed by atoms with Gasteiger partial charge in [0.05, 0.1) is 0 Å². The highest BCUT2D eigenvalue weighted by Crippen LogP contribution is 2.26. The summed E-state index contributed by atoms with van der Waals surface area (Å²) in [6.07, 6.45) is 1.75. The zero-order chi connectivity index (χ0) is 29.3. The SMILES string of the molecule is C=CC.N=C(N=C(N)c1cccc(-c2n[nH]c(-c3cccc(-c4nc(-c5ccccc5)n[nH]4)c3)n2)c1)c1ccccc1. The van der Waals surface area contributed by atoms with Crippen molar-refractivity contribution in [3.63, 3.8) is 0 Å². The number of hydrogen-bond donors (Lipinski definition) is 4. The topological polar surface area (TPSA) is 145 Å². The highest BCUT2D eigenvalue weighted by molar-refractivity contribution is 6.10. The normalized spacial score (nSPS) is 10.9. The van der Waals surface area contributed by atoms with Crippen molar-refractivity contribution >= 4 is 11.7 Å². The van der Waals surface area contributed by atoms with Crippen molar-refractivity contribution in [2.75, 3.05) is 0 Å². The molecule has 0 radical (unpaired) electrons. The van der Waals surface area contributed by atoms with E-state index in [0.29, 0.717) is 34.4 Å². The summed E-state index contributed by atoms with van der Waals surface area (Å²) in [7, 11) is 0. The second-order valence-corrected chi connectivity index (χ2v) is 9.16. The molecule has 0 saturated heterocycles. The predicted molar refractivity (Wildman–Crippen MR) is 168 cm³/mol. The largest absolute Gasteiger partial charge is 0.383 e. The lowest BCUT2D eigenvalue weighted by Gasteiger charge is -2.04. The van der Waals surface area contributed by atoms with Crippen LogP contribution in [0.3, 0.4) is 0 Å². The van der Waals surface area contributed by atoms with Gasteiger partial charge in [0.1, 0.15) is 5.84 Å². The van der Waals surface area contributed by atoms with Crippen molar-refractivity contribution in [3.05, 3.63) is 133 Å². The molecule has 5 N–H and O–H groups in total. The van der Waals surface area contributed by atoms with E-state index >= 15 is 0 Å². The van der Waals surface area contributed by atoms with E-state index in [-0.39, 0.29) is 11.7 Å². The Balaban J connectivity index is 0.00000113. The molecular weight excluding hydrogens is 522 g/mol. The van der Waals surface area contributed by atoms with E-state index in [9.17, 15) is 0 Å². The first-order chi connectivity index (χ1) is 20.6. The van der Waals surface area contributed by atoms with Crippen molar-refractivity contribution < 1.29 is 0 Å². The molecule has 0 aliphatic rings. The Morgan fingerprint density at radius 3 is 1.79 bits per heavy atom. The van der Waals surface area contributed by atoms with Crippen LogP contribution in [-0.2, 0) is 0 Å². The maximum atomic E-state index is 8.24. The zero-order valence-corrected chi connectivity index (χ0v) is 23.0. The molecule has 0 bridgehead atoms. The molecule has 0 saturated carbocycles. The van der Waals surface area contributed by atoms with Crippen LogP contribution in [0.25, 0.3) is 45.6 Å². The molecule has 0 unspecified atom stereocenters. The van der Waals surface area contributed by atoms with Gasteiger partial charge in [-0.3, -0.25) is 15.6 Å². The van der Waals surface area contributed by atoms with Crippen LogP contribution in [0.2, 0.25) is 0 Å². The van der Waals surface area contributed by atoms with Gasteiger partial charge in [-0.15, -0.1) is 6.58 Å². The number of nitrogens with zero attached hydrogens (tertiary/aromatic N) is 5. The molecule has 0 fully saturated rings. The van der Waals surface area contributed by atoms with Crippen LogP contribution in [0.4, 0.5) is 0 Å². The maximum absolute atomic E-state index is 8.24. The Labute approximate surface area is 243 Å². The molecule has 6 aromatic rings. The van der Waals surface area contributed by atoms with Crippen LogP contribution in [0.1, 0.15) is 18.1 Å². The van der Waals surface area contributed by atoms with E-state index in [4.69, 9.17) is 16.1 Å². The summed E-state index contributed by atoms with van der Waals surface area (Å²) in [5.74, 6) is 2.79. The number of benzene rings is 4. The van der Waals surface area contributed by atoms with Crippen molar-refractivity contribution in [3.8, 4) is 45.6 Å². The first kappa shape index (κ1) is 27.6. The van der Waals surface area contributed by atoms with Crippen LogP contribution < -0.4 is 5.73 Å². The van der Waals surface area contributed by atoms with Gasteiger partial charge in [-0.1, -0.05) is 103 Å². The monoisotopic (exact) mass is 551 g/mol. The first-order valence-electron chi connectivity index (χ1n) is 13.2. The fraction of sp³-hybridized carbons (Fsp3) is 0.0303. The number of aromatic nitrogens is 6. The van der Waals surface area contributed by atoms with Crippen LogP contribution in [-0.4, -0.2) is 42.0 Å². The van der Waals surface area contributed by atoms with Gasteiger partial charge in [0.15, 0.2) is 29.1 Å². The number of H-pyrrole nitrogens is 2. The fourth-order valence-electron chi connectivity index (χ4n) is 4.10. The maximum Gasteiger partial charge on any atom is 0.181 e. The molecule has 2 aromatic heterocycles. The fourth-order valence-corrected chi connectivity index (χ4v) is 4.10. The lowest BCUT2D eigenvalue weighted by Crippen LogP contribution is -2.16. The number of amidine groups is 2. The minimum absolute atomic E-state index is 0.0983. The number of rotatable bonds is 6. The van der Waals surface area contributed by atoms with Crippen LogP contribution in [0, 0.1) is 5.41 Å². The standard InChI is InChI=1S/C30H23N9.C3H6/c31-25(19-9-3-1-4-10-19)33-26(32)21-13-7-14-22(17-21)28-35-30(39-38-28)24-16-8-15-23(18-24)29-34-27(36-37-29)20-11-5-2-6-12-20;1-3-2/h1-18H,(H3,31,32,33)(H,34,36,37)(H,35,38,39);3H,1H2,2H3.